The third-order valence-electron chi connectivity index (χ3n) is 2.69. The number of nitrogens with two attached hydrogens (primary N) is 1. The lowest BCUT2D eigenvalue weighted by atomic mass is 10.1. The first-order valence-electron chi connectivity index (χ1n) is 5.25. The minimum Gasteiger partial charge on any atom is -0.346 e. The van der Waals surface area contributed by atoms with Crippen LogP contribution in [0.4, 0.5) is 0 Å². The van der Waals surface area contributed by atoms with E-state index in [4.69, 9.17) is 15.2 Å². The zero-order chi connectivity index (χ0) is 10.8. The monoisotopic (exact) mass is 207 g/mol. The van der Waals surface area contributed by atoms with Gasteiger partial charge >= 0.3 is 0 Å². The Morgan fingerprint density at radius 2 is 2.20 bits per heavy atom. The maximum Gasteiger partial charge on any atom is 0.184 e. The quantitative estimate of drug-likeness (QED) is 0.802. The molecule has 1 heterocycles. The van der Waals surface area contributed by atoms with E-state index in [-0.39, 0.29) is 12.4 Å². The van der Waals surface area contributed by atoms with Crippen LogP contribution in [0.25, 0.3) is 0 Å². The second kappa shape index (κ2) is 4.31. The lowest BCUT2D eigenvalue weighted by Gasteiger charge is -2.13. The maximum absolute atomic E-state index is 5.67. The molecule has 2 unspecified atom stereocenters. The highest BCUT2D eigenvalue weighted by Gasteiger charge is 2.27. The molecule has 1 aliphatic rings. The van der Waals surface area contributed by atoms with Gasteiger partial charge in [0.25, 0.3) is 0 Å². The third-order valence-corrected chi connectivity index (χ3v) is 2.69. The SMILES string of the molecule is Cc1ccc(C2OCC(CN)O2)c(C)c1. The molecule has 0 bridgehead atoms. The van der Waals surface area contributed by atoms with Crippen molar-refractivity contribution in [2.24, 2.45) is 5.73 Å². The van der Waals surface area contributed by atoms with Crippen molar-refractivity contribution in [3.05, 3.63) is 34.9 Å². The largest absolute Gasteiger partial charge is 0.346 e. The second-order valence-corrected chi connectivity index (χ2v) is 4.02. The van der Waals surface area contributed by atoms with Crippen molar-refractivity contribution < 1.29 is 9.47 Å². The molecular weight excluding hydrogens is 190 g/mol. The second-order valence-electron chi connectivity index (χ2n) is 4.02. The number of benzene rings is 1. The van der Waals surface area contributed by atoms with Gasteiger partial charge in [0.1, 0.15) is 0 Å². The first kappa shape index (κ1) is 10.6. The van der Waals surface area contributed by atoms with Gasteiger partial charge in [0, 0.05) is 12.1 Å². The minimum atomic E-state index is -0.237. The number of hydrogen-bond donors (Lipinski definition) is 1. The summed E-state index contributed by atoms with van der Waals surface area (Å²) in [5, 5.41) is 0. The van der Waals surface area contributed by atoms with Crippen LogP contribution in [0.3, 0.4) is 0 Å². The zero-order valence-electron chi connectivity index (χ0n) is 9.19. The van der Waals surface area contributed by atoms with Crippen LogP contribution in [0.1, 0.15) is 23.0 Å². The molecule has 3 nitrogen and oxygen atoms in total. The van der Waals surface area contributed by atoms with Crippen LogP contribution in [0, 0.1) is 13.8 Å². The van der Waals surface area contributed by atoms with Gasteiger partial charge in [0.05, 0.1) is 12.7 Å². The van der Waals surface area contributed by atoms with Crippen LogP contribution in [0.15, 0.2) is 18.2 Å². The predicted octanol–water partition coefficient (Wildman–Crippen LogP) is 1.68. The highest BCUT2D eigenvalue weighted by atomic mass is 16.7. The molecule has 1 aliphatic heterocycles. The molecule has 0 amide bonds. The normalized spacial score (nSPS) is 25.8. The first-order valence-corrected chi connectivity index (χ1v) is 5.25. The van der Waals surface area contributed by atoms with Gasteiger partial charge in [-0.15, -0.1) is 0 Å². The van der Waals surface area contributed by atoms with Gasteiger partial charge in [-0.1, -0.05) is 23.8 Å². The molecule has 1 saturated heterocycles. The fourth-order valence-corrected chi connectivity index (χ4v) is 1.82. The summed E-state index contributed by atoms with van der Waals surface area (Å²) in [5.41, 5.74) is 9.10. The van der Waals surface area contributed by atoms with Crippen LogP contribution < -0.4 is 5.73 Å². The smallest absolute Gasteiger partial charge is 0.184 e. The Bertz CT molecular complexity index is 351. The Morgan fingerprint density at radius 1 is 1.40 bits per heavy atom. The lowest BCUT2D eigenvalue weighted by Crippen LogP contribution is -2.21. The molecule has 1 fully saturated rings. The molecule has 0 aromatic heterocycles. The molecule has 1 aromatic rings. The van der Waals surface area contributed by atoms with Crippen molar-refractivity contribution in [3.8, 4) is 0 Å². The van der Waals surface area contributed by atoms with Gasteiger partial charge in [-0.2, -0.15) is 0 Å². The highest BCUT2D eigenvalue weighted by molar-refractivity contribution is 5.31. The maximum atomic E-state index is 5.67. The van der Waals surface area contributed by atoms with Crippen LogP contribution in [-0.4, -0.2) is 19.3 Å². The molecule has 3 heteroatoms. The standard InChI is InChI=1S/C12H17NO2/c1-8-3-4-11(9(2)5-8)12-14-7-10(6-13)15-12/h3-5,10,12H,6-7,13H2,1-2H3. The summed E-state index contributed by atoms with van der Waals surface area (Å²) in [4.78, 5) is 0. The van der Waals surface area contributed by atoms with Gasteiger partial charge in [-0.25, -0.2) is 0 Å². The summed E-state index contributed by atoms with van der Waals surface area (Å²) in [5.74, 6) is 0. The number of rotatable bonds is 2. The van der Waals surface area contributed by atoms with Crippen LogP contribution in [-0.2, 0) is 9.47 Å². The predicted molar refractivity (Wildman–Crippen MR) is 58.5 cm³/mol. The Labute approximate surface area is 90.2 Å². The highest BCUT2D eigenvalue weighted by Crippen LogP contribution is 2.29. The van der Waals surface area contributed by atoms with Gasteiger partial charge < -0.3 is 15.2 Å². The molecule has 2 N–H and O–H groups in total. The fourth-order valence-electron chi connectivity index (χ4n) is 1.82. The Balaban J connectivity index is 2.17. The minimum absolute atomic E-state index is 0.0377. The summed E-state index contributed by atoms with van der Waals surface area (Å²) in [7, 11) is 0. The molecule has 0 aliphatic carbocycles. The average molecular weight is 207 g/mol. The van der Waals surface area contributed by atoms with Gasteiger partial charge in [-0.05, 0) is 19.4 Å². The fraction of sp³-hybridized carbons (Fsp3) is 0.500. The number of ether oxygens (including phenoxy) is 2. The van der Waals surface area contributed by atoms with E-state index in [1.54, 1.807) is 0 Å². The topological polar surface area (TPSA) is 44.5 Å². The average Bonchev–Trinajstić information content (AvgIpc) is 2.66. The zero-order valence-corrected chi connectivity index (χ0v) is 9.19. The van der Waals surface area contributed by atoms with E-state index in [0.29, 0.717) is 13.2 Å². The van der Waals surface area contributed by atoms with E-state index in [2.05, 4.69) is 32.0 Å². The van der Waals surface area contributed by atoms with E-state index in [1.165, 1.54) is 11.1 Å². The third kappa shape index (κ3) is 2.20. The van der Waals surface area contributed by atoms with Crippen molar-refractivity contribution >= 4 is 0 Å². The van der Waals surface area contributed by atoms with Crippen LogP contribution in [0.5, 0.6) is 0 Å². The van der Waals surface area contributed by atoms with Gasteiger partial charge in [-0.3, -0.25) is 0 Å². The van der Waals surface area contributed by atoms with Gasteiger partial charge in [0.15, 0.2) is 6.29 Å². The van der Waals surface area contributed by atoms with E-state index in [1.807, 2.05) is 0 Å². The Hall–Kier alpha value is -0.900. The molecule has 82 valence electrons. The van der Waals surface area contributed by atoms with Crippen molar-refractivity contribution in [3.63, 3.8) is 0 Å². The Kier molecular flexibility index (Phi) is 3.05. The Morgan fingerprint density at radius 3 is 2.80 bits per heavy atom. The molecule has 0 spiro atoms. The summed E-state index contributed by atoms with van der Waals surface area (Å²) in [6.07, 6.45) is -0.199. The summed E-state index contributed by atoms with van der Waals surface area (Å²) in [6, 6.07) is 6.27. The first-order chi connectivity index (χ1) is 7.20. The van der Waals surface area contributed by atoms with Crippen molar-refractivity contribution in [2.75, 3.05) is 13.2 Å². The molecule has 0 saturated carbocycles. The summed E-state index contributed by atoms with van der Waals surface area (Å²) < 4.78 is 11.2. The summed E-state index contributed by atoms with van der Waals surface area (Å²) in [6.45, 7) is 5.26. The van der Waals surface area contributed by atoms with Crippen LogP contribution >= 0.6 is 0 Å². The van der Waals surface area contributed by atoms with Crippen LogP contribution in [0.2, 0.25) is 0 Å². The van der Waals surface area contributed by atoms with Crippen molar-refractivity contribution in [1.82, 2.24) is 0 Å². The lowest BCUT2D eigenvalue weighted by molar-refractivity contribution is -0.0589. The molecule has 2 rings (SSSR count). The van der Waals surface area contributed by atoms with E-state index < -0.39 is 0 Å². The van der Waals surface area contributed by atoms with E-state index in [0.717, 1.165) is 5.56 Å². The number of aryl methyl sites for hydroxylation is 2. The molecule has 1 aromatic carbocycles. The van der Waals surface area contributed by atoms with Crippen molar-refractivity contribution in [2.45, 2.75) is 26.2 Å². The molecule has 0 radical (unpaired) electrons. The summed E-state index contributed by atoms with van der Waals surface area (Å²) >= 11 is 0. The van der Waals surface area contributed by atoms with E-state index >= 15 is 0 Å². The van der Waals surface area contributed by atoms with Gasteiger partial charge in [0.2, 0.25) is 0 Å². The van der Waals surface area contributed by atoms with E-state index in [9.17, 15) is 0 Å². The molecular formula is C12H17NO2. The number of hydrogen-bond acceptors (Lipinski definition) is 3. The molecule has 15 heavy (non-hydrogen) atoms. The molecule has 2 atom stereocenters. The van der Waals surface area contributed by atoms with Crippen molar-refractivity contribution in [1.29, 1.82) is 0 Å².